The number of amides is 1. The highest BCUT2D eigenvalue weighted by Crippen LogP contribution is 2.18. The summed E-state index contributed by atoms with van der Waals surface area (Å²) in [5, 5.41) is 11.5. The lowest BCUT2D eigenvalue weighted by atomic mass is 10.1. The van der Waals surface area contributed by atoms with Crippen molar-refractivity contribution < 1.29 is 21.6 Å². The van der Waals surface area contributed by atoms with Gasteiger partial charge in [0.05, 0.1) is 28.0 Å². The SMILES string of the molecule is N#Cc1cccc(C(=O)Nc2ccc(S(=O)(=O)NC3CCS(=O)(=O)C3)cc2)c1. The fourth-order valence-corrected chi connectivity index (χ4v) is 5.88. The molecule has 2 aromatic rings. The van der Waals surface area contributed by atoms with Gasteiger partial charge >= 0.3 is 0 Å². The predicted octanol–water partition coefficient (Wildman–Crippen LogP) is 1.28. The summed E-state index contributed by atoms with van der Waals surface area (Å²) in [5.74, 6) is -0.665. The maximum absolute atomic E-state index is 12.4. The van der Waals surface area contributed by atoms with Crippen molar-refractivity contribution in [3.05, 3.63) is 59.7 Å². The Balaban J connectivity index is 1.69. The first-order valence-corrected chi connectivity index (χ1v) is 11.6. The summed E-state index contributed by atoms with van der Waals surface area (Å²) in [4.78, 5) is 12.2. The molecule has 10 heteroatoms. The van der Waals surface area contributed by atoms with Crippen molar-refractivity contribution in [2.45, 2.75) is 17.4 Å². The van der Waals surface area contributed by atoms with Gasteiger partial charge in [-0.1, -0.05) is 6.07 Å². The number of rotatable bonds is 5. The van der Waals surface area contributed by atoms with Gasteiger partial charge in [0.25, 0.3) is 5.91 Å². The summed E-state index contributed by atoms with van der Waals surface area (Å²) in [5.41, 5.74) is 1.05. The minimum absolute atomic E-state index is 0.0266. The van der Waals surface area contributed by atoms with Gasteiger partial charge in [-0.15, -0.1) is 0 Å². The average Bonchev–Trinajstić information content (AvgIpc) is 2.99. The number of anilines is 1. The van der Waals surface area contributed by atoms with Gasteiger partial charge in [0.1, 0.15) is 0 Å². The minimum Gasteiger partial charge on any atom is -0.322 e. The van der Waals surface area contributed by atoms with Crippen molar-refractivity contribution in [2.75, 3.05) is 16.8 Å². The highest BCUT2D eigenvalue weighted by molar-refractivity contribution is 7.92. The molecule has 1 aliphatic heterocycles. The molecule has 1 aliphatic rings. The third kappa shape index (κ3) is 4.75. The number of hydrogen-bond acceptors (Lipinski definition) is 6. The largest absolute Gasteiger partial charge is 0.322 e. The molecule has 1 fully saturated rings. The second-order valence-corrected chi connectivity index (χ2v) is 10.3. The van der Waals surface area contributed by atoms with Crippen LogP contribution in [0, 0.1) is 11.3 Å². The zero-order valence-corrected chi connectivity index (χ0v) is 16.3. The van der Waals surface area contributed by atoms with E-state index in [1.165, 1.54) is 30.3 Å². The molecule has 1 saturated heterocycles. The van der Waals surface area contributed by atoms with Gasteiger partial charge in [-0.05, 0) is 48.9 Å². The summed E-state index contributed by atoms with van der Waals surface area (Å²) in [6.07, 6.45) is 0.247. The highest BCUT2D eigenvalue weighted by atomic mass is 32.2. The topological polar surface area (TPSA) is 133 Å². The zero-order chi connectivity index (χ0) is 20.4. The molecule has 0 aromatic heterocycles. The second-order valence-electron chi connectivity index (χ2n) is 6.39. The van der Waals surface area contributed by atoms with Gasteiger partial charge in [0.2, 0.25) is 10.0 Å². The number of sulfone groups is 1. The quantitative estimate of drug-likeness (QED) is 0.750. The van der Waals surface area contributed by atoms with Crippen LogP contribution in [0.4, 0.5) is 5.69 Å². The Morgan fingerprint density at radius 1 is 1.14 bits per heavy atom. The van der Waals surface area contributed by atoms with Crippen LogP contribution in [0.2, 0.25) is 0 Å². The monoisotopic (exact) mass is 419 g/mol. The molecule has 3 rings (SSSR count). The van der Waals surface area contributed by atoms with Crippen LogP contribution in [-0.2, 0) is 19.9 Å². The van der Waals surface area contributed by atoms with Crippen LogP contribution in [-0.4, -0.2) is 40.3 Å². The van der Waals surface area contributed by atoms with Crippen LogP contribution < -0.4 is 10.0 Å². The van der Waals surface area contributed by atoms with Crippen LogP contribution in [0.25, 0.3) is 0 Å². The summed E-state index contributed by atoms with van der Waals surface area (Å²) >= 11 is 0. The molecule has 0 bridgehead atoms. The van der Waals surface area contributed by atoms with Crippen molar-refractivity contribution in [1.82, 2.24) is 4.72 Å². The van der Waals surface area contributed by atoms with Crippen LogP contribution >= 0.6 is 0 Å². The van der Waals surface area contributed by atoms with Gasteiger partial charge in [-0.25, -0.2) is 21.6 Å². The smallest absolute Gasteiger partial charge is 0.255 e. The van der Waals surface area contributed by atoms with E-state index in [1.807, 2.05) is 6.07 Å². The number of nitrogens with zero attached hydrogens (tertiary/aromatic N) is 1. The molecule has 8 nitrogen and oxygen atoms in total. The molecule has 1 unspecified atom stereocenters. The Morgan fingerprint density at radius 2 is 1.86 bits per heavy atom. The van der Waals surface area contributed by atoms with E-state index in [0.717, 1.165) is 0 Å². The maximum atomic E-state index is 12.4. The van der Waals surface area contributed by atoms with Crippen molar-refractivity contribution in [3.8, 4) is 6.07 Å². The average molecular weight is 419 g/mol. The molecule has 1 heterocycles. The Kier molecular flexibility index (Phi) is 5.51. The maximum Gasteiger partial charge on any atom is 0.255 e. The molecule has 0 aliphatic carbocycles. The van der Waals surface area contributed by atoms with Crippen LogP contribution in [0.1, 0.15) is 22.3 Å². The standard InChI is InChI=1S/C18H17N3O5S2/c19-11-13-2-1-3-14(10-13)18(22)20-15-4-6-17(7-5-15)28(25,26)21-16-8-9-27(23,24)12-16/h1-7,10,16,21H,8-9,12H2,(H,20,22). The fraction of sp³-hybridized carbons (Fsp3) is 0.222. The van der Waals surface area contributed by atoms with Gasteiger partial charge in [-0.3, -0.25) is 4.79 Å². The third-order valence-electron chi connectivity index (χ3n) is 4.23. The molecule has 2 N–H and O–H groups in total. The molecule has 1 amide bonds. The van der Waals surface area contributed by atoms with Crippen molar-refractivity contribution in [1.29, 1.82) is 5.26 Å². The first-order chi connectivity index (χ1) is 13.2. The summed E-state index contributed by atoms with van der Waals surface area (Å²) in [6.45, 7) is 0. The fourth-order valence-electron chi connectivity index (χ4n) is 2.83. The lowest BCUT2D eigenvalue weighted by Gasteiger charge is -2.12. The Hall–Kier alpha value is -2.74. The normalized spacial score (nSPS) is 18.3. The Morgan fingerprint density at radius 3 is 2.46 bits per heavy atom. The molecule has 0 spiro atoms. The van der Waals surface area contributed by atoms with E-state index >= 15 is 0 Å². The molecule has 0 saturated carbocycles. The van der Waals surface area contributed by atoms with Gasteiger partial charge in [-0.2, -0.15) is 5.26 Å². The Bertz CT molecular complexity index is 1150. The summed E-state index contributed by atoms with van der Waals surface area (Å²) in [6, 6.07) is 13.0. The van der Waals surface area contributed by atoms with E-state index in [4.69, 9.17) is 5.26 Å². The van der Waals surface area contributed by atoms with Crippen LogP contribution in [0.15, 0.2) is 53.4 Å². The minimum atomic E-state index is -3.86. The van der Waals surface area contributed by atoms with E-state index in [2.05, 4.69) is 10.0 Å². The van der Waals surface area contributed by atoms with E-state index < -0.39 is 31.8 Å². The molecule has 2 aromatic carbocycles. The second kappa shape index (κ2) is 7.71. The summed E-state index contributed by atoms with van der Waals surface area (Å²) < 4.78 is 50.2. The molecule has 28 heavy (non-hydrogen) atoms. The number of carbonyl (C=O) groups excluding carboxylic acids is 1. The van der Waals surface area contributed by atoms with Crippen molar-refractivity contribution in [2.24, 2.45) is 0 Å². The van der Waals surface area contributed by atoms with Gasteiger partial charge in [0.15, 0.2) is 9.84 Å². The van der Waals surface area contributed by atoms with Crippen LogP contribution in [0.5, 0.6) is 0 Å². The lowest BCUT2D eigenvalue weighted by Crippen LogP contribution is -2.35. The van der Waals surface area contributed by atoms with Crippen molar-refractivity contribution >= 4 is 31.5 Å². The first kappa shape index (κ1) is 20.0. The first-order valence-electron chi connectivity index (χ1n) is 8.33. The number of nitrogens with one attached hydrogen (secondary N) is 2. The van der Waals surface area contributed by atoms with Gasteiger partial charge < -0.3 is 5.32 Å². The molecule has 0 radical (unpaired) electrons. The number of carbonyl (C=O) groups is 1. The highest BCUT2D eigenvalue weighted by Gasteiger charge is 2.31. The number of hydrogen-bond donors (Lipinski definition) is 2. The van der Waals surface area contributed by atoms with E-state index in [0.29, 0.717) is 16.8 Å². The predicted molar refractivity (Wildman–Crippen MR) is 103 cm³/mol. The van der Waals surface area contributed by atoms with Crippen LogP contribution in [0.3, 0.4) is 0 Å². The number of nitriles is 1. The van der Waals surface area contributed by atoms with Gasteiger partial charge in [0, 0.05) is 17.3 Å². The van der Waals surface area contributed by atoms with E-state index in [1.54, 1.807) is 18.2 Å². The summed E-state index contributed by atoms with van der Waals surface area (Å²) in [7, 11) is -7.06. The van der Waals surface area contributed by atoms with E-state index in [-0.39, 0.29) is 22.8 Å². The number of benzene rings is 2. The van der Waals surface area contributed by atoms with E-state index in [9.17, 15) is 21.6 Å². The van der Waals surface area contributed by atoms with Crippen molar-refractivity contribution in [3.63, 3.8) is 0 Å². The third-order valence-corrected chi connectivity index (χ3v) is 7.53. The zero-order valence-electron chi connectivity index (χ0n) is 14.6. The molecule has 1 atom stereocenters. The number of sulfonamides is 1. The Labute approximate surface area is 163 Å². The molecular formula is C18H17N3O5S2. The molecule has 146 valence electrons. The molecular weight excluding hydrogens is 402 g/mol. The lowest BCUT2D eigenvalue weighted by molar-refractivity contribution is 0.102.